The lowest BCUT2D eigenvalue weighted by Gasteiger charge is -2.02. The van der Waals surface area contributed by atoms with Crippen molar-refractivity contribution in [2.45, 2.75) is 6.92 Å². The van der Waals surface area contributed by atoms with Crippen LogP contribution in [0.2, 0.25) is 0 Å². The highest BCUT2D eigenvalue weighted by Crippen LogP contribution is 2.34. The van der Waals surface area contributed by atoms with Crippen molar-refractivity contribution in [2.75, 3.05) is 5.32 Å². The minimum Gasteiger partial charge on any atom is -0.296 e. The Balaban J connectivity index is 1.54. The zero-order valence-corrected chi connectivity index (χ0v) is 16.8. The number of pyridine rings is 1. The van der Waals surface area contributed by atoms with E-state index in [0.29, 0.717) is 26.4 Å². The van der Waals surface area contributed by atoms with E-state index in [1.54, 1.807) is 18.3 Å². The van der Waals surface area contributed by atoms with Crippen LogP contribution in [0.25, 0.3) is 31.6 Å². The first kappa shape index (κ1) is 17.8. The molecule has 0 fully saturated rings. The Morgan fingerprint density at radius 3 is 2.69 bits per heavy atom. The third-order valence-corrected chi connectivity index (χ3v) is 6.34. The summed E-state index contributed by atoms with van der Waals surface area (Å²) in [6.07, 6.45) is 1.54. The number of benzene rings is 2. The van der Waals surface area contributed by atoms with Gasteiger partial charge in [0.25, 0.3) is 5.91 Å². The van der Waals surface area contributed by atoms with Crippen LogP contribution in [0.1, 0.15) is 15.5 Å². The summed E-state index contributed by atoms with van der Waals surface area (Å²) in [4.78, 5) is 26.8. The molecular formula is C21H13FN4OS2. The van der Waals surface area contributed by atoms with E-state index in [-0.39, 0.29) is 11.4 Å². The number of fused-ring (bicyclic) bond motifs is 3. The Labute approximate surface area is 172 Å². The van der Waals surface area contributed by atoms with Gasteiger partial charge in [0.1, 0.15) is 11.2 Å². The number of carbonyl (C=O) groups is 1. The van der Waals surface area contributed by atoms with Crippen LogP contribution in [-0.4, -0.2) is 20.9 Å². The molecule has 5 rings (SSSR count). The lowest BCUT2D eigenvalue weighted by atomic mass is 10.1. The van der Waals surface area contributed by atoms with E-state index in [1.165, 1.54) is 28.7 Å². The van der Waals surface area contributed by atoms with E-state index in [4.69, 9.17) is 0 Å². The number of rotatable bonds is 3. The molecule has 29 heavy (non-hydrogen) atoms. The zero-order chi connectivity index (χ0) is 20.0. The van der Waals surface area contributed by atoms with Crippen molar-refractivity contribution in [3.63, 3.8) is 0 Å². The lowest BCUT2D eigenvalue weighted by Crippen LogP contribution is -2.13. The van der Waals surface area contributed by atoms with E-state index < -0.39 is 5.82 Å². The number of hydrogen-bond donors (Lipinski definition) is 1. The summed E-state index contributed by atoms with van der Waals surface area (Å²) in [5.74, 6) is -0.744. The number of thiazole rings is 2. The van der Waals surface area contributed by atoms with Gasteiger partial charge in [0.2, 0.25) is 0 Å². The molecule has 0 saturated heterocycles. The van der Waals surface area contributed by atoms with Gasteiger partial charge in [-0.2, -0.15) is 0 Å². The number of carbonyl (C=O) groups excluding carboxylic acids is 1. The quantitative estimate of drug-likeness (QED) is 0.408. The third kappa shape index (κ3) is 3.16. The number of halogens is 1. The van der Waals surface area contributed by atoms with Crippen molar-refractivity contribution in [1.82, 2.24) is 15.0 Å². The van der Waals surface area contributed by atoms with E-state index >= 15 is 0 Å². The van der Waals surface area contributed by atoms with Gasteiger partial charge in [0.05, 0.1) is 20.1 Å². The Hall–Kier alpha value is -3.23. The van der Waals surface area contributed by atoms with Crippen LogP contribution in [-0.2, 0) is 0 Å². The van der Waals surface area contributed by atoms with Crippen LogP contribution in [0.4, 0.5) is 9.52 Å². The number of nitrogens with zero attached hydrogens (tertiary/aromatic N) is 3. The monoisotopic (exact) mass is 420 g/mol. The normalized spacial score (nSPS) is 11.2. The Morgan fingerprint density at radius 2 is 1.86 bits per heavy atom. The smallest absolute Gasteiger partial charge is 0.277 e. The molecule has 0 bridgehead atoms. The minimum atomic E-state index is -0.406. The summed E-state index contributed by atoms with van der Waals surface area (Å²) in [5, 5.41) is 4.64. The second-order valence-electron chi connectivity index (χ2n) is 6.35. The second kappa shape index (κ2) is 6.98. The number of nitrogens with one attached hydrogen (secondary N) is 1. The second-order valence-corrected chi connectivity index (χ2v) is 8.59. The zero-order valence-electron chi connectivity index (χ0n) is 15.1. The molecule has 0 spiro atoms. The highest BCUT2D eigenvalue weighted by molar-refractivity contribution is 7.22. The van der Waals surface area contributed by atoms with Gasteiger partial charge in [0.15, 0.2) is 10.9 Å². The predicted molar refractivity (Wildman–Crippen MR) is 115 cm³/mol. The fourth-order valence-corrected chi connectivity index (χ4v) is 4.99. The molecule has 0 saturated carbocycles. The summed E-state index contributed by atoms with van der Waals surface area (Å²) >= 11 is 2.69. The van der Waals surface area contributed by atoms with Gasteiger partial charge in [-0.1, -0.05) is 41.7 Å². The molecule has 0 radical (unpaired) electrons. The number of aromatic nitrogens is 3. The van der Waals surface area contributed by atoms with Gasteiger partial charge >= 0.3 is 0 Å². The molecule has 3 heterocycles. The molecule has 0 atom stereocenters. The molecule has 1 amide bonds. The van der Waals surface area contributed by atoms with Crippen LogP contribution < -0.4 is 5.32 Å². The van der Waals surface area contributed by atoms with Gasteiger partial charge in [-0.05, 0) is 30.7 Å². The van der Waals surface area contributed by atoms with Crippen molar-refractivity contribution in [3.05, 3.63) is 71.2 Å². The molecule has 0 aliphatic carbocycles. The Morgan fingerprint density at radius 1 is 1.03 bits per heavy atom. The molecule has 1 N–H and O–H groups in total. The van der Waals surface area contributed by atoms with Crippen molar-refractivity contribution in [1.29, 1.82) is 0 Å². The fraction of sp³-hybridized carbons (Fsp3) is 0.0476. The first-order valence-corrected chi connectivity index (χ1v) is 10.4. The SMILES string of the molecule is Cc1nc(C(=O)Nc2nc3c(cc(F)c4ncccc43)s2)c(-c2ccccc2)s1. The van der Waals surface area contributed by atoms with Crippen molar-refractivity contribution in [3.8, 4) is 10.4 Å². The molecule has 142 valence electrons. The van der Waals surface area contributed by atoms with Crippen molar-refractivity contribution >= 4 is 54.8 Å². The molecule has 5 aromatic rings. The fourth-order valence-electron chi connectivity index (χ4n) is 3.17. The van der Waals surface area contributed by atoms with Gasteiger partial charge in [-0.3, -0.25) is 15.1 Å². The number of hydrogen-bond acceptors (Lipinski definition) is 6. The van der Waals surface area contributed by atoms with Crippen LogP contribution in [0, 0.1) is 12.7 Å². The topological polar surface area (TPSA) is 67.8 Å². The molecule has 5 nitrogen and oxygen atoms in total. The first-order valence-electron chi connectivity index (χ1n) is 8.78. The summed E-state index contributed by atoms with van der Waals surface area (Å²) in [6, 6.07) is 14.6. The first-order chi connectivity index (χ1) is 14.1. The Kier molecular flexibility index (Phi) is 4.30. The third-order valence-electron chi connectivity index (χ3n) is 4.41. The molecule has 0 unspecified atom stereocenters. The molecule has 2 aromatic carbocycles. The largest absolute Gasteiger partial charge is 0.296 e. The van der Waals surface area contributed by atoms with Gasteiger partial charge in [-0.15, -0.1) is 11.3 Å². The van der Waals surface area contributed by atoms with Gasteiger partial charge < -0.3 is 0 Å². The summed E-state index contributed by atoms with van der Waals surface area (Å²) in [7, 11) is 0. The molecule has 0 aliphatic rings. The minimum absolute atomic E-state index is 0.268. The maximum absolute atomic E-state index is 14.3. The number of anilines is 1. The highest BCUT2D eigenvalue weighted by Gasteiger charge is 2.20. The summed E-state index contributed by atoms with van der Waals surface area (Å²) in [6.45, 7) is 1.87. The van der Waals surface area contributed by atoms with E-state index in [2.05, 4.69) is 20.3 Å². The van der Waals surface area contributed by atoms with Gasteiger partial charge in [0, 0.05) is 11.6 Å². The maximum Gasteiger partial charge on any atom is 0.277 e. The average Bonchev–Trinajstić information content (AvgIpc) is 3.32. The van der Waals surface area contributed by atoms with Crippen LogP contribution in [0.3, 0.4) is 0 Å². The van der Waals surface area contributed by atoms with Crippen LogP contribution in [0.15, 0.2) is 54.7 Å². The molecule has 3 aromatic heterocycles. The standard InChI is InChI=1S/C21H13FN4OS2/c1-11-24-18(19(28-11)12-6-3-2-4-7-12)20(27)26-21-25-17-13-8-5-9-23-16(13)14(22)10-15(17)29-21/h2-10H,1H3,(H,25,26,27). The van der Waals surface area contributed by atoms with E-state index in [9.17, 15) is 9.18 Å². The predicted octanol–water partition coefficient (Wildman–Crippen LogP) is 5.67. The van der Waals surface area contributed by atoms with Crippen molar-refractivity contribution < 1.29 is 9.18 Å². The number of amides is 1. The van der Waals surface area contributed by atoms with Crippen molar-refractivity contribution in [2.24, 2.45) is 0 Å². The average molecular weight is 420 g/mol. The van der Waals surface area contributed by atoms with Gasteiger partial charge in [-0.25, -0.2) is 14.4 Å². The van der Waals surface area contributed by atoms with E-state index in [1.807, 2.05) is 37.3 Å². The summed E-state index contributed by atoms with van der Waals surface area (Å²) < 4.78 is 15.0. The highest BCUT2D eigenvalue weighted by atomic mass is 32.1. The lowest BCUT2D eigenvalue weighted by molar-refractivity contribution is 0.102. The van der Waals surface area contributed by atoms with E-state index in [0.717, 1.165) is 15.4 Å². The molecular weight excluding hydrogens is 407 g/mol. The molecule has 0 aliphatic heterocycles. The van der Waals surface area contributed by atoms with Crippen LogP contribution >= 0.6 is 22.7 Å². The number of aryl methyl sites for hydroxylation is 1. The summed E-state index contributed by atoms with van der Waals surface area (Å²) in [5.41, 5.74) is 2.18. The molecule has 8 heteroatoms. The Bertz CT molecular complexity index is 1380. The maximum atomic E-state index is 14.3. The van der Waals surface area contributed by atoms with Crippen LogP contribution in [0.5, 0.6) is 0 Å².